The van der Waals surface area contributed by atoms with Gasteiger partial charge in [0.2, 0.25) is 0 Å². The fourth-order valence-corrected chi connectivity index (χ4v) is 3.13. The Morgan fingerprint density at radius 2 is 0.962 bits per heavy atom. The van der Waals surface area contributed by atoms with Crippen LogP contribution in [0.2, 0.25) is 0 Å². The number of carboxylic acids is 1. The highest BCUT2D eigenvalue weighted by molar-refractivity contribution is 5.66. The SMILES string of the molecule is CCCCCCCC=CCCC=CCCCCCCCCCCC(=O)O. The molecule has 1 N–H and O–H groups in total. The molecule has 0 atom stereocenters. The number of unbranched alkanes of at least 4 members (excludes halogenated alkanes) is 14. The highest BCUT2D eigenvalue weighted by atomic mass is 16.4. The maximum Gasteiger partial charge on any atom is 0.303 e. The van der Waals surface area contributed by atoms with Gasteiger partial charge >= 0.3 is 5.97 Å². The number of carboxylic acid groups (broad SMARTS) is 1. The summed E-state index contributed by atoms with van der Waals surface area (Å²) in [5.41, 5.74) is 0. The van der Waals surface area contributed by atoms with E-state index in [0.29, 0.717) is 6.42 Å². The summed E-state index contributed by atoms with van der Waals surface area (Å²) < 4.78 is 0. The van der Waals surface area contributed by atoms with Crippen LogP contribution < -0.4 is 0 Å². The van der Waals surface area contributed by atoms with E-state index in [0.717, 1.165) is 12.8 Å². The van der Waals surface area contributed by atoms with Crippen molar-refractivity contribution in [2.45, 2.75) is 122 Å². The Kier molecular flexibility index (Phi) is 21.1. The molecule has 0 radical (unpaired) electrons. The van der Waals surface area contributed by atoms with Gasteiger partial charge < -0.3 is 5.11 Å². The van der Waals surface area contributed by atoms with Crippen LogP contribution >= 0.6 is 0 Å². The summed E-state index contributed by atoms with van der Waals surface area (Å²) in [6.07, 6.45) is 31.1. The molecule has 0 fully saturated rings. The number of hydrogen-bond acceptors (Lipinski definition) is 1. The predicted molar refractivity (Wildman–Crippen MR) is 115 cm³/mol. The lowest BCUT2D eigenvalue weighted by Gasteiger charge is -2.00. The predicted octanol–water partition coefficient (Wildman–Crippen LogP) is 8.23. The first-order valence-corrected chi connectivity index (χ1v) is 11.3. The van der Waals surface area contributed by atoms with Crippen LogP contribution in [-0.4, -0.2) is 11.1 Å². The molecule has 2 nitrogen and oxygen atoms in total. The van der Waals surface area contributed by atoms with Gasteiger partial charge in [0.15, 0.2) is 0 Å². The summed E-state index contributed by atoms with van der Waals surface area (Å²) in [5.74, 6) is -0.660. The summed E-state index contributed by atoms with van der Waals surface area (Å²) in [6, 6.07) is 0. The molecule has 26 heavy (non-hydrogen) atoms. The molecule has 0 saturated heterocycles. The van der Waals surface area contributed by atoms with Crippen molar-refractivity contribution in [3.63, 3.8) is 0 Å². The van der Waals surface area contributed by atoms with Crippen molar-refractivity contribution in [1.82, 2.24) is 0 Å². The third kappa shape index (κ3) is 22.9. The van der Waals surface area contributed by atoms with E-state index in [9.17, 15) is 4.79 Å². The monoisotopic (exact) mass is 364 g/mol. The smallest absolute Gasteiger partial charge is 0.303 e. The number of allylic oxidation sites excluding steroid dienone is 4. The normalized spacial score (nSPS) is 11.7. The summed E-state index contributed by atoms with van der Waals surface area (Å²) in [6.45, 7) is 2.27. The Balaban J connectivity index is 3.16. The lowest BCUT2D eigenvalue weighted by Crippen LogP contribution is -1.93. The van der Waals surface area contributed by atoms with Gasteiger partial charge in [-0.1, -0.05) is 95.4 Å². The fourth-order valence-electron chi connectivity index (χ4n) is 3.13. The first-order valence-electron chi connectivity index (χ1n) is 11.3. The molecule has 2 heteroatoms. The van der Waals surface area contributed by atoms with Crippen LogP contribution in [-0.2, 0) is 4.79 Å². The van der Waals surface area contributed by atoms with E-state index in [2.05, 4.69) is 31.2 Å². The van der Waals surface area contributed by atoms with Gasteiger partial charge in [-0.25, -0.2) is 0 Å². The van der Waals surface area contributed by atoms with Crippen molar-refractivity contribution >= 4 is 5.97 Å². The van der Waals surface area contributed by atoms with Gasteiger partial charge in [0.1, 0.15) is 0 Å². The molecule has 0 aromatic carbocycles. The van der Waals surface area contributed by atoms with E-state index in [4.69, 9.17) is 5.11 Å². The van der Waals surface area contributed by atoms with Crippen LogP contribution in [0, 0.1) is 0 Å². The molecule has 0 aliphatic carbocycles. The summed E-state index contributed by atoms with van der Waals surface area (Å²) in [4.78, 5) is 10.4. The third-order valence-corrected chi connectivity index (χ3v) is 4.82. The standard InChI is InChI=1S/C24H44O2/c1-2-3-4-5-6-7-8-9-10-11-12-13-14-15-16-17-18-19-20-21-22-23-24(25)26/h8-9,12-13H,2-7,10-11,14-23H2,1H3,(H,25,26). The molecule has 0 unspecified atom stereocenters. The summed E-state index contributed by atoms with van der Waals surface area (Å²) >= 11 is 0. The minimum Gasteiger partial charge on any atom is -0.481 e. The second-order valence-corrected chi connectivity index (χ2v) is 7.48. The first kappa shape index (κ1) is 24.9. The molecule has 0 spiro atoms. The van der Waals surface area contributed by atoms with Crippen molar-refractivity contribution in [3.8, 4) is 0 Å². The average molecular weight is 365 g/mol. The lowest BCUT2D eigenvalue weighted by atomic mass is 10.1. The maximum absolute atomic E-state index is 10.4. The second-order valence-electron chi connectivity index (χ2n) is 7.48. The number of rotatable bonds is 20. The average Bonchev–Trinajstić information content (AvgIpc) is 2.62. The molecular weight excluding hydrogens is 320 g/mol. The van der Waals surface area contributed by atoms with Crippen molar-refractivity contribution in [2.75, 3.05) is 0 Å². The Labute approximate surface area is 163 Å². The van der Waals surface area contributed by atoms with E-state index in [-0.39, 0.29) is 0 Å². The van der Waals surface area contributed by atoms with Gasteiger partial charge in [-0.3, -0.25) is 4.79 Å². The zero-order valence-electron chi connectivity index (χ0n) is 17.4. The van der Waals surface area contributed by atoms with Crippen molar-refractivity contribution in [1.29, 1.82) is 0 Å². The molecule has 0 heterocycles. The molecule has 0 amide bonds. The Morgan fingerprint density at radius 1 is 0.577 bits per heavy atom. The van der Waals surface area contributed by atoms with Gasteiger partial charge in [-0.15, -0.1) is 0 Å². The highest BCUT2D eigenvalue weighted by Gasteiger charge is 1.96. The molecule has 152 valence electrons. The summed E-state index contributed by atoms with van der Waals surface area (Å²) in [7, 11) is 0. The molecule has 0 saturated carbocycles. The van der Waals surface area contributed by atoms with Gasteiger partial charge in [0, 0.05) is 6.42 Å². The quantitative estimate of drug-likeness (QED) is 0.174. The van der Waals surface area contributed by atoms with E-state index >= 15 is 0 Å². The minimum absolute atomic E-state index is 0.334. The van der Waals surface area contributed by atoms with Crippen LogP contribution in [0.4, 0.5) is 0 Å². The van der Waals surface area contributed by atoms with E-state index in [1.54, 1.807) is 0 Å². The molecule has 0 bridgehead atoms. The van der Waals surface area contributed by atoms with E-state index in [1.807, 2.05) is 0 Å². The summed E-state index contributed by atoms with van der Waals surface area (Å²) in [5, 5.41) is 8.56. The van der Waals surface area contributed by atoms with E-state index < -0.39 is 5.97 Å². The molecule has 0 aliphatic rings. The van der Waals surface area contributed by atoms with Crippen LogP contribution in [0.1, 0.15) is 122 Å². The first-order chi connectivity index (χ1) is 12.8. The molecule has 0 rings (SSSR count). The zero-order chi connectivity index (χ0) is 19.1. The minimum atomic E-state index is -0.660. The Bertz CT molecular complexity index is 344. The van der Waals surface area contributed by atoms with Crippen molar-refractivity contribution < 1.29 is 9.90 Å². The van der Waals surface area contributed by atoms with Gasteiger partial charge in [-0.05, 0) is 44.9 Å². The van der Waals surface area contributed by atoms with Crippen LogP contribution in [0.25, 0.3) is 0 Å². The largest absolute Gasteiger partial charge is 0.481 e. The second kappa shape index (κ2) is 22.0. The zero-order valence-corrected chi connectivity index (χ0v) is 17.4. The van der Waals surface area contributed by atoms with Gasteiger partial charge in [-0.2, -0.15) is 0 Å². The van der Waals surface area contributed by atoms with Crippen LogP contribution in [0.3, 0.4) is 0 Å². The third-order valence-electron chi connectivity index (χ3n) is 4.82. The fraction of sp³-hybridized carbons (Fsp3) is 0.792. The van der Waals surface area contributed by atoms with Crippen molar-refractivity contribution in [2.24, 2.45) is 0 Å². The van der Waals surface area contributed by atoms with E-state index in [1.165, 1.54) is 96.3 Å². The highest BCUT2D eigenvalue weighted by Crippen LogP contribution is 2.11. The van der Waals surface area contributed by atoms with Crippen LogP contribution in [0.5, 0.6) is 0 Å². The van der Waals surface area contributed by atoms with Crippen molar-refractivity contribution in [3.05, 3.63) is 24.3 Å². The van der Waals surface area contributed by atoms with Gasteiger partial charge in [0.25, 0.3) is 0 Å². The number of carbonyl (C=O) groups is 1. The molecular formula is C24H44O2. The number of hydrogen-bond donors (Lipinski definition) is 1. The molecule has 0 aliphatic heterocycles. The lowest BCUT2D eigenvalue weighted by molar-refractivity contribution is -0.137. The maximum atomic E-state index is 10.4. The Hall–Kier alpha value is -1.05. The number of aliphatic carboxylic acids is 1. The Morgan fingerprint density at radius 3 is 1.42 bits per heavy atom. The van der Waals surface area contributed by atoms with Crippen LogP contribution in [0.15, 0.2) is 24.3 Å². The molecule has 0 aromatic rings. The molecule has 0 aromatic heterocycles. The van der Waals surface area contributed by atoms with Gasteiger partial charge in [0.05, 0.1) is 0 Å². The topological polar surface area (TPSA) is 37.3 Å².